The van der Waals surface area contributed by atoms with Gasteiger partial charge in [-0.3, -0.25) is 0 Å². The van der Waals surface area contributed by atoms with Crippen LogP contribution in [0.3, 0.4) is 0 Å². The highest BCUT2D eigenvalue weighted by atomic mass is 32.2. The molecule has 0 bridgehead atoms. The van der Waals surface area contributed by atoms with Crippen molar-refractivity contribution in [2.75, 3.05) is 12.4 Å². The Hall–Kier alpha value is -0.0900. The van der Waals surface area contributed by atoms with Crippen LogP contribution in [0.15, 0.2) is 0 Å². The number of thiol groups is 1. The average Bonchev–Trinajstić information content (AvgIpc) is 2.41. The van der Waals surface area contributed by atoms with E-state index in [9.17, 15) is 8.42 Å². The molecule has 1 rings (SSSR count). The van der Waals surface area contributed by atoms with E-state index < -0.39 is 10.7 Å². The maximum absolute atomic E-state index is 9.91. The maximum atomic E-state index is 9.91. The van der Waals surface area contributed by atoms with Crippen LogP contribution in [0.5, 0.6) is 0 Å². The van der Waals surface area contributed by atoms with Crippen LogP contribution < -0.4 is 0 Å². The summed E-state index contributed by atoms with van der Waals surface area (Å²) in [6.45, 7) is 0.753. The van der Waals surface area contributed by atoms with Crippen molar-refractivity contribution in [2.24, 2.45) is 0 Å². The molecule has 0 spiro atoms. The number of hydrogen-bond acceptors (Lipinski definition) is 3. The summed E-state index contributed by atoms with van der Waals surface area (Å²) in [5.74, 6) is 0.278. The summed E-state index contributed by atoms with van der Waals surface area (Å²) in [5, 5.41) is 0. The molecule has 0 saturated carbocycles. The van der Waals surface area contributed by atoms with Gasteiger partial charge in [0.2, 0.25) is 0 Å². The SMILES string of the molecule is O=[SH](=O)CCC1CO1. The Labute approximate surface area is 49.6 Å². The van der Waals surface area contributed by atoms with Gasteiger partial charge in [-0.15, -0.1) is 0 Å². The van der Waals surface area contributed by atoms with Crippen molar-refractivity contribution in [1.82, 2.24) is 0 Å². The van der Waals surface area contributed by atoms with E-state index in [-0.39, 0.29) is 11.9 Å². The lowest BCUT2D eigenvalue weighted by molar-refractivity contribution is 0.403. The van der Waals surface area contributed by atoms with Gasteiger partial charge in [-0.05, 0) is 6.42 Å². The smallest absolute Gasteiger partial charge is 0.140 e. The fraction of sp³-hybridized carbons (Fsp3) is 1.00. The van der Waals surface area contributed by atoms with E-state index in [4.69, 9.17) is 4.74 Å². The highest BCUT2D eigenvalue weighted by Gasteiger charge is 2.21. The summed E-state index contributed by atoms with van der Waals surface area (Å²) >= 11 is 0. The summed E-state index contributed by atoms with van der Waals surface area (Å²) < 4.78 is 24.6. The first-order valence-corrected chi connectivity index (χ1v) is 3.89. The predicted molar refractivity (Wildman–Crippen MR) is 29.5 cm³/mol. The molecule has 3 nitrogen and oxygen atoms in total. The maximum Gasteiger partial charge on any atom is 0.140 e. The number of rotatable bonds is 3. The summed E-state index contributed by atoms with van der Waals surface area (Å²) in [6, 6.07) is 0. The minimum Gasteiger partial charge on any atom is -0.373 e. The van der Waals surface area contributed by atoms with Crippen molar-refractivity contribution >= 4 is 10.7 Å². The normalized spacial score (nSPS) is 26.4. The molecule has 4 heteroatoms. The van der Waals surface area contributed by atoms with E-state index in [0.29, 0.717) is 6.42 Å². The third-order valence-electron chi connectivity index (χ3n) is 1.04. The Balaban J connectivity index is 2.03. The second kappa shape index (κ2) is 2.46. The zero-order valence-electron chi connectivity index (χ0n) is 4.37. The van der Waals surface area contributed by atoms with Gasteiger partial charge in [0, 0.05) is 0 Å². The van der Waals surface area contributed by atoms with Gasteiger partial charge in [0.05, 0.1) is 18.5 Å². The summed E-state index contributed by atoms with van der Waals surface area (Å²) in [4.78, 5) is 0. The molecular weight excluding hydrogens is 128 g/mol. The highest BCUT2D eigenvalue weighted by molar-refractivity contribution is 7.72. The van der Waals surface area contributed by atoms with E-state index in [2.05, 4.69) is 0 Å². The molecule has 1 fully saturated rings. The second-order valence-corrected chi connectivity index (χ2v) is 2.91. The molecule has 8 heavy (non-hydrogen) atoms. The predicted octanol–water partition coefficient (Wildman–Crippen LogP) is -0.613. The molecule has 1 heterocycles. The molecular formula is C4H8O3S. The summed E-state index contributed by atoms with van der Waals surface area (Å²) in [5.41, 5.74) is 0. The number of hydrogen-bond donors (Lipinski definition) is 1. The zero-order valence-corrected chi connectivity index (χ0v) is 5.27. The van der Waals surface area contributed by atoms with Crippen LogP contribution in [0, 0.1) is 0 Å². The van der Waals surface area contributed by atoms with Crippen LogP contribution in [0.1, 0.15) is 6.42 Å². The van der Waals surface area contributed by atoms with Gasteiger partial charge in [-0.2, -0.15) is 0 Å². The molecule has 1 unspecified atom stereocenters. The highest BCUT2D eigenvalue weighted by Crippen LogP contribution is 2.12. The standard InChI is InChI=1S/C4H8O3S/c5-8(6)2-1-4-3-7-4/h4,8H,1-3H2. The Morgan fingerprint density at radius 2 is 2.25 bits per heavy atom. The monoisotopic (exact) mass is 136 g/mol. The largest absolute Gasteiger partial charge is 0.373 e. The molecule has 1 aliphatic heterocycles. The summed E-state index contributed by atoms with van der Waals surface area (Å²) in [7, 11) is -2.17. The van der Waals surface area contributed by atoms with Gasteiger partial charge >= 0.3 is 0 Å². The Morgan fingerprint density at radius 3 is 2.62 bits per heavy atom. The van der Waals surface area contributed by atoms with E-state index in [1.54, 1.807) is 0 Å². The molecule has 0 aromatic heterocycles. The fourth-order valence-corrected chi connectivity index (χ4v) is 0.983. The van der Waals surface area contributed by atoms with Gasteiger partial charge in [-0.25, -0.2) is 8.42 Å². The van der Waals surface area contributed by atoms with Crippen molar-refractivity contribution in [3.8, 4) is 0 Å². The molecule has 0 aromatic rings. The molecule has 48 valence electrons. The molecule has 0 N–H and O–H groups in total. The average molecular weight is 136 g/mol. The first-order valence-electron chi connectivity index (χ1n) is 2.52. The summed E-state index contributed by atoms with van der Waals surface area (Å²) in [6.07, 6.45) is 0.932. The molecule has 0 amide bonds. The van der Waals surface area contributed by atoms with Crippen molar-refractivity contribution in [3.63, 3.8) is 0 Å². The Morgan fingerprint density at radius 1 is 1.62 bits per heavy atom. The van der Waals surface area contributed by atoms with Crippen LogP contribution >= 0.6 is 0 Å². The third kappa shape index (κ3) is 2.28. The van der Waals surface area contributed by atoms with Crippen LogP contribution in [0.4, 0.5) is 0 Å². The number of epoxide rings is 1. The van der Waals surface area contributed by atoms with E-state index in [1.807, 2.05) is 0 Å². The first-order chi connectivity index (χ1) is 3.79. The van der Waals surface area contributed by atoms with Gasteiger partial charge < -0.3 is 4.74 Å². The van der Waals surface area contributed by atoms with Crippen molar-refractivity contribution < 1.29 is 13.2 Å². The van der Waals surface area contributed by atoms with Crippen LogP contribution in [0.25, 0.3) is 0 Å². The van der Waals surface area contributed by atoms with Crippen LogP contribution in [-0.2, 0) is 15.4 Å². The third-order valence-corrected chi connectivity index (χ3v) is 1.66. The van der Waals surface area contributed by atoms with Crippen molar-refractivity contribution in [3.05, 3.63) is 0 Å². The Kier molecular flexibility index (Phi) is 1.85. The quantitative estimate of drug-likeness (QED) is 0.416. The second-order valence-electron chi connectivity index (χ2n) is 1.80. The van der Waals surface area contributed by atoms with Gasteiger partial charge in [0.1, 0.15) is 10.7 Å². The molecule has 0 aromatic carbocycles. The Bertz CT molecular complexity index is 128. The number of ether oxygens (including phenoxy) is 1. The van der Waals surface area contributed by atoms with E-state index >= 15 is 0 Å². The van der Waals surface area contributed by atoms with Crippen LogP contribution in [-0.4, -0.2) is 26.9 Å². The zero-order chi connectivity index (χ0) is 5.98. The van der Waals surface area contributed by atoms with E-state index in [1.165, 1.54) is 0 Å². The molecule has 1 aliphatic rings. The minimum absolute atomic E-state index is 0.253. The fourth-order valence-electron chi connectivity index (χ4n) is 0.484. The van der Waals surface area contributed by atoms with Gasteiger partial charge in [-0.1, -0.05) is 0 Å². The molecule has 1 atom stereocenters. The van der Waals surface area contributed by atoms with Crippen molar-refractivity contribution in [2.45, 2.75) is 12.5 Å². The first kappa shape index (κ1) is 6.04. The molecule has 0 aliphatic carbocycles. The lowest BCUT2D eigenvalue weighted by Gasteiger charge is -1.81. The van der Waals surface area contributed by atoms with E-state index in [0.717, 1.165) is 6.61 Å². The lowest BCUT2D eigenvalue weighted by atomic mass is 10.4. The van der Waals surface area contributed by atoms with Gasteiger partial charge in [0.25, 0.3) is 0 Å². The molecule has 1 saturated heterocycles. The van der Waals surface area contributed by atoms with Crippen molar-refractivity contribution in [1.29, 1.82) is 0 Å². The topological polar surface area (TPSA) is 46.7 Å². The molecule has 0 radical (unpaired) electrons. The van der Waals surface area contributed by atoms with Crippen LogP contribution in [0.2, 0.25) is 0 Å². The van der Waals surface area contributed by atoms with Gasteiger partial charge in [0.15, 0.2) is 0 Å². The minimum atomic E-state index is -2.17. The lowest BCUT2D eigenvalue weighted by Crippen LogP contribution is -1.92.